The summed E-state index contributed by atoms with van der Waals surface area (Å²) in [5.74, 6) is 0.285. The molecule has 1 aromatic carbocycles. The number of rotatable bonds is 10. The van der Waals surface area contributed by atoms with Crippen LogP contribution in [0.5, 0.6) is 11.9 Å². The van der Waals surface area contributed by atoms with Crippen molar-refractivity contribution < 1.29 is 17.9 Å². The molecule has 170 valence electrons. The summed E-state index contributed by atoms with van der Waals surface area (Å²) < 4.78 is 42.6. The molecular formula is C19H20Br2N6O4S. The van der Waals surface area contributed by atoms with Crippen LogP contribution in [0, 0.1) is 0 Å². The predicted octanol–water partition coefficient (Wildman–Crippen LogP) is 3.57. The smallest absolute Gasteiger partial charge is 0.316 e. The van der Waals surface area contributed by atoms with E-state index < -0.39 is 10.2 Å². The molecule has 0 bridgehead atoms. The Hall–Kier alpha value is -2.35. The first-order valence-corrected chi connectivity index (χ1v) is 12.4. The monoisotopic (exact) mass is 586 g/mol. The highest BCUT2D eigenvalue weighted by Crippen LogP contribution is 2.34. The molecule has 10 nitrogen and oxygen atoms in total. The second-order valence-corrected chi connectivity index (χ2v) is 9.95. The predicted molar refractivity (Wildman–Crippen MR) is 127 cm³/mol. The summed E-state index contributed by atoms with van der Waals surface area (Å²) in [6.07, 6.45) is 4.37. The van der Waals surface area contributed by atoms with E-state index in [1.165, 1.54) is 6.33 Å². The van der Waals surface area contributed by atoms with Crippen molar-refractivity contribution in [3.05, 3.63) is 51.9 Å². The Morgan fingerprint density at radius 1 is 0.938 bits per heavy atom. The number of anilines is 1. The Kier molecular flexibility index (Phi) is 8.34. The van der Waals surface area contributed by atoms with Crippen molar-refractivity contribution in [3.8, 4) is 23.0 Å². The fourth-order valence-corrected chi connectivity index (χ4v) is 4.10. The van der Waals surface area contributed by atoms with Gasteiger partial charge in [0.05, 0.1) is 10.0 Å². The molecule has 0 spiro atoms. The first kappa shape index (κ1) is 24.3. The highest BCUT2D eigenvalue weighted by Gasteiger charge is 2.20. The third kappa shape index (κ3) is 7.08. The number of hydrogen-bond donors (Lipinski definition) is 2. The van der Waals surface area contributed by atoms with E-state index in [-0.39, 0.29) is 37.0 Å². The van der Waals surface area contributed by atoms with Gasteiger partial charge in [0.25, 0.3) is 0 Å². The van der Waals surface area contributed by atoms with Crippen LogP contribution < -0.4 is 18.9 Å². The van der Waals surface area contributed by atoms with Crippen LogP contribution in [0.2, 0.25) is 0 Å². The summed E-state index contributed by atoms with van der Waals surface area (Å²) >= 11 is 6.65. The standard InChI is InChI=1S/C19H20Br2N6O4S/c1-12(2)26-32(28,29)27-17-16(13-3-5-14(20)6-4-13)18(25-11-24-17)30-7-8-31-19-22-9-15(21)10-23-19/h3-6,9-12,26H,7-8H2,1-2H3,(H,24,25,27). The number of benzene rings is 1. The Labute approximate surface area is 202 Å². The van der Waals surface area contributed by atoms with Gasteiger partial charge in [-0.15, -0.1) is 0 Å². The molecule has 0 aliphatic rings. The van der Waals surface area contributed by atoms with E-state index >= 15 is 0 Å². The van der Waals surface area contributed by atoms with Crippen molar-refractivity contribution in [3.63, 3.8) is 0 Å². The van der Waals surface area contributed by atoms with Crippen LogP contribution in [0.1, 0.15) is 13.8 Å². The molecular weight excluding hydrogens is 568 g/mol. The maximum absolute atomic E-state index is 12.4. The number of ether oxygens (including phenoxy) is 2. The van der Waals surface area contributed by atoms with Gasteiger partial charge < -0.3 is 9.47 Å². The highest BCUT2D eigenvalue weighted by atomic mass is 79.9. The minimum atomic E-state index is -3.85. The van der Waals surface area contributed by atoms with Crippen molar-refractivity contribution in [2.45, 2.75) is 19.9 Å². The molecule has 0 aliphatic carbocycles. The van der Waals surface area contributed by atoms with Gasteiger partial charge in [-0.2, -0.15) is 13.1 Å². The van der Waals surface area contributed by atoms with Crippen LogP contribution in [0.25, 0.3) is 11.1 Å². The van der Waals surface area contributed by atoms with E-state index in [4.69, 9.17) is 9.47 Å². The minimum Gasteiger partial charge on any atom is -0.473 e. The SMILES string of the molecule is CC(C)NS(=O)(=O)Nc1ncnc(OCCOc2ncc(Br)cn2)c1-c1ccc(Br)cc1. The van der Waals surface area contributed by atoms with Crippen molar-refractivity contribution >= 4 is 47.9 Å². The number of halogens is 2. The van der Waals surface area contributed by atoms with Gasteiger partial charge in [-0.3, -0.25) is 4.72 Å². The summed E-state index contributed by atoms with van der Waals surface area (Å²) in [5, 5.41) is 0. The number of hydrogen-bond acceptors (Lipinski definition) is 8. The Morgan fingerprint density at radius 2 is 1.59 bits per heavy atom. The normalized spacial score (nSPS) is 11.4. The number of nitrogens with one attached hydrogen (secondary N) is 2. The van der Waals surface area contributed by atoms with Crippen molar-refractivity contribution in [1.82, 2.24) is 24.7 Å². The Morgan fingerprint density at radius 3 is 2.25 bits per heavy atom. The van der Waals surface area contributed by atoms with Gasteiger partial charge in [-0.05, 0) is 47.5 Å². The molecule has 2 heterocycles. The van der Waals surface area contributed by atoms with Crippen LogP contribution in [0.15, 0.2) is 51.9 Å². The Bertz CT molecular complexity index is 1150. The maximum Gasteiger partial charge on any atom is 0.316 e. The maximum atomic E-state index is 12.4. The van der Waals surface area contributed by atoms with Gasteiger partial charge in [0.1, 0.15) is 19.5 Å². The van der Waals surface area contributed by atoms with E-state index in [2.05, 4.69) is 61.2 Å². The van der Waals surface area contributed by atoms with Gasteiger partial charge in [0, 0.05) is 22.9 Å². The van der Waals surface area contributed by atoms with Gasteiger partial charge in [0.2, 0.25) is 5.88 Å². The summed E-state index contributed by atoms with van der Waals surface area (Å²) in [6, 6.07) is 7.17. The molecule has 0 radical (unpaired) electrons. The average Bonchev–Trinajstić information content (AvgIpc) is 2.72. The summed E-state index contributed by atoms with van der Waals surface area (Å²) in [5.41, 5.74) is 1.07. The lowest BCUT2D eigenvalue weighted by atomic mass is 10.1. The second kappa shape index (κ2) is 11.0. The molecule has 32 heavy (non-hydrogen) atoms. The first-order valence-electron chi connectivity index (χ1n) is 9.37. The van der Waals surface area contributed by atoms with Crippen molar-refractivity contribution in [2.24, 2.45) is 0 Å². The van der Waals surface area contributed by atoms with Gasteiger partial charge >= 0.3 is 16.2 Å². The first-order chi connectivity index (χ1) is 15.2. The fourth-order valence-electron chi connectivity index (χ4n) is 2.55. The van der Waals surface area contributed by atoms with E-state index in [9.17, 15) is 8.42 Å². The molecule has 0 atom stereocenters. The van der Waals surface area contributed by atoms with Crippen LogP contribution in [-0.2, 0) is 10.2 Å². The van der Waals surface area contributed by atoms with E-state index in [1.54, 1.807) is 38.4 Å². The molecule has 0 saturated heterocycles. The summed E-state index contributed by atoms with van der Waals surface area (Å²) in [7, 11) is -3.85. The van der Waals surface area contributed by atoms with E-state index in [0.717, 1.165) is 8.95 Å². The number of aromatic nitrogens is 4. The van der Waals surface area contributed by atoms with Crippen molar-refractivity contribution in [1.29, 1.82) is 0 Å². The zero-order chi connectivity index (χ0) is 23.1. The van der Waals surface area contributed by atoms with Crippen LogP contribution >= 0.6 is 31.9 Å². The quantitative estimate of drug-likeness (QED) is 0.345. The highest BCUT2D eigenvalue weighted by molar-refractivity contribution is 9.10. The van der Waals surface area contributed by atoms with Gasteiger partial charge in [-0.25, -0.2) is 19.9 Å². The lowest BCUT2D eigenvalue weighted by Gasteiger charge is -2.16. The van der Waals surface area contributed by atoms with E-state index in [1.807, 2.05) is 12.1 Å². The molecule has 0 unspecified atom stereocenters. The Balaban J connectivity index is 1.82. The van der Waals surface area contributed by atoms with Crippen LogP contribution in [0.3, 0.4) is 0 Å². The summed E-state index contributed by atoms with van der Waals surface area (Å²) in [4.78, 5) is 16.4. The van der Waals surface area contributed by atoms with Crippen LogP contribution in [0.4, 0.5) is 5.82 Å². The summed E-state index contributed by atoms with van der Waals surface area (Å²) in [6.45, 7) is 3.72. The molecule has 0 fully saturated rings. The zero-order valence-corrected chi connectivity index (χ0v) is 21.1. The van der Waals surface area contributed by atoms with E-state index in [0.29, 0.717) is 11.1 Å². The third-order valence-corrected chi connectivity index (χ3v) is 5.90. The molecule has 0 aliphatic heterocycles. The molecule has 3 aromatic rings. The lowest BCUT2D eigenvalue weighted by Crippen LogP contribution is -2.35. The number of nitrogens with zero attached hydrogens (tertiary/aromatic N) is 4. The lowest BCUT2D eigenvalue weighted by molar-refractivity contribution is 0.202. The molecule has 0 saturated carbocycles. The molecule has 13 heteroatoms. The van der Waals surface area contributed by atoms with Crippen LogP contribution in [-0.4, -0.2) is 47.6 Å². The van der Waals surface area contributed by atoms with Crippen molar-refractivity contribution in [2.75, 3.05) is 17.9 Å². The average molecular weight is 588 g/mol. The fraction of sp³-hybridized carbons (Fsp3) is 0.263. The largest absolute Gasteiger partial charge is 0.473 e. The molecule has 2 aromatic heterocycles. The zero-order valence-electron chi connectivity index (χ0n) is 17.1. The van der Waals surface area contributed by atoms with Gasteiger partial charge in [0.15, 0.2) is 5.82 Å². The molecule has 2 N–H and O–H groups in total. The molecule has 0 amide bonds. The second-order valence-electron chi connectivity index (χ2n) is 6.67. The third-order valence-electron chi connectivity index (χ3n) is 3.72. The van der Waals surface area contributed by atoms with Gasteiger partial charge in [-0.1, -0.05) is 28.1 Å². The minimum absolute atomic E-state index is 0.0858. The topological polar surface area (TPSA) is 128 Å². The molecule has 3 rings (SSSR count).